The molecule has 2 aliphatic rings. The number of carbonyl (C=O) groups is 2. The zero-order valence-corrected chi connectivity index (χ0v) is 19.4. The summed E-state index contributed by atoms with van der Waals surface area (Å²) in [6.07, 6.45) is 2.67. The number of halogens is 1. The minimum Gasteiger partial charge on any atom is -0.493 e. The molecule has 9 nitrogen and oxygen atoms in total. The number of amides is 2. The van der Waals surface area contributed by atoms with Gasteiger partial charge in [0.05, 0.1) is 13.7 Å². The first-order chi connectivity index (χ1) is 15.9. The van der Waals surface area contributed by atoms with Gasteiger partial charge >= 0.3 is 12.0 Å². The van der Waals surface area contributed by atoms with Crippen molar-refractivity contribution < 1.29 is 28.2 Å². The number of benzene rings is 1. The maximum atomic E-state index is 14.4. The molecule has 2 N–H and O–H groups in total. The summed E-state index contributed by atoms with van der Waals surface area (Å²) in [6.45, 7) is 3.00. The van der Waals surface area contributed by atoms with Crippen molar-refractivity contribution >= 4 is 28.5 Å². The van der Waals surface area contributed by atoms with Crippen LogP contribution in [0.3, 0.4) is 0 Å². The van der Waals surface area contributed by atoms with Gasteiger partial charge in [-0.1, -0.05) is 0 Å². The summed E-state index contributed by atoms with van der Waals surface area (Å²) in [7, 11) is 3.31. The van der Waals surface area contributed by atoms with Gasteiger partial charge < -0.3 is 24.4 Å². The lowest BCUT2D eigenvalue weighted by Gasteiger charge is -2.12. The molecule has 33 heavy (non-hydrogen) atoms. The number of aromatic nitrogens is 1. The van der Waals surface area contributed by atoms with E-state index in [0.29, 0.717) is 31.2 Å². The van der Waals surface area contributed by atoms with Crippen molar-refractivity contribution in [2.24, 2.45) is 5.92 Å². The van der Waals surface area contributed by atoms with Crippen molar-refractivity contribution in [2.45, 2.75) is 25.9 Å². The van der Waals surface area contributed by atoms with Crippen LogP contribution < -0.4 is 20.1 Å². The molecule has 0 radical (unpaired) electrons. The quantitative estimate of drug-likeness (QED) is 0.562. The molecule has 4 rings (SSSR count). The molecule has 1 saturated heterocycles. The van der Waals surface area contributed by atoms with Crippen LogP contribution in [0.5, 0.6) is 11.6 Å². The predicted octanol–water partition coefficient (Wildman–Crippen LogP) is 3.05. The third-order valence-electron chi connectivity index (χ3n) is 5.83. The number of fused-ring (bicyclic) bond motifs is 1. The Bertz CT molecular complexity index is 1030. The summed E-state index contributed by atoms with van der Waals surface area (Å²) in [5.41, 5.74) is 1.09. The molecule has 2 aliphatic heterocycles. The van der Waals surface area contributed by atoms with Gasteiger partial charge in [0, 0.05) is 30.6 Å². The molecular formula is C22H27FN4O5S. The van der Waals surface area contributed by atoms with Crippen molar-refractivity contribution in [3.05, 3.63) is 34.6 Å². The minimum atomic E-state index is -0.708. The number of nitrogens with zero attached hydrogens (tertiary/aromatic N) is 2. The topological polar surface area (TPSA) is 102 Å². The molecule has 1 atom stereocenters. The molecule has 0 saturated carbocycles. The molecule has 1 aromatic heterocycles. The molecule has 178 valence electrons. The molecule has 0 bridgehead atoms. The largest absolute Gasteiger partial charge is 0.493 e. The molecule has 3 heterocycles. The first kappa shape index (κ1) is 23.2. The van der Waals surface area contributed by atoms with Crippen molar-refractivity contribution in [3.63, 3.8) is 0 Å². The molecule has 0 aliphatic carbocycles. The monoisotopic (exact) mass is 478 g/mol. The van der Waals surface area contributed by atoms with E-state index >= 15 is 0 Å². The van der Waals surface area contributed by atoms with E-state index in [4.69, 9.17) is 14.2 Å². The van der Waals surface area contributed by atoms with Crippen LogP contribution in [0.4, 0.5) is 14.2 Å². The second kappa shape index (κ2) is 10.3. The highest BCUT2D eigenvalue weighted by Gasteiger charge is 2.26. The fourth-order valence-electron chi connectivity index (χ4n) is 4.03. The summed E-state index contributed by atoms with van der Waals surface area (Å²) in [4.78, 5) is 27.0. The van der Waals surface area contributed by atoms with Crippen LogP contribution in [0.1, 0.15) is 34.3 Å². The summed E-state index contributed by atoms with van der Waals surface area (Å²) in [5.74, 6) is 0.0390. The summed E-state index contributed by atoms with van der Waals surface area (Å²) >= 11 is 0.894. The number of nitrogens with one attached hydrogen (secondary N) is 2. The average molecular weight is 479 g/mol. The van der Waals surface area contributed by atoms with Gasteiger partial charge in [-0.05, 0) is 56.0 Å². The number of esters is 1. The highest BCUT2D eigenvalue weighted by molar-refractivity contribution is 7.11. The van der Waals surface area contributed by atoms with Crippen LogP contribution in [-0.2, 0) is 17.8 Å². The van der Waals surface area contributed by atoms with Gasteiger partial charge in [0.25, 0.3) is 0 Å². The molecular weight excluding hydrogens is 451 g/mol. The summed E-state index contributed by atoms with van der Waals surface area (Å²) in [5, 5.41) is 5.66. The number of urea groups is 1. The predicted molar refractivity (Wildman–Crippen MR) is 121 cm³/mol. The molecule has 1 fully saturated rings. The SMILES string of the molecule is COC(=O)c1c(OCc2cc3c(cc2F)CCO3)nsc1NC(=O)NCC[C@H]1CCN(C)C1. The number of ether oxygens (including phenoxy) is 3. The van der Waals surface area contributed by atoms with Gasteiger partial charge in [-0.2, -0.15) is 4.37 Å². The van der Waals surface area contributed by atoms with E-state index < -0.39 is 17.8 Å². The Morgan fingerprint density at radius 2 is 2.24 bits per heavy atom. The Morgan fingerprint density at radius 3 is 3.00 bits per heavy atom. The Labute approximate surface area is 195 Å². The molecule has 2 amide bonds. The Kier molecular flexibility index (Phi) is 7.29. The number of hydrogen-bond donors (Lipinski definition) is 2. The van der Waals surface area contributed by atoms with Crippen molar-refractivity contribution in [3.8, 4) is 11.6 Å². The fourth-order valence-corrected chi connectivity index (χ4v) is 4.75. The van der Waals surface area contributed by atoms with Gasteiger partial charge in [-0.25, -0.2) is 14.0 Å². The molecule has 0 unspecified atom stereocenters. The van der Waals surface area contributed by atoms with Gasteiger partial charge in [0.2, 0.25) is 5.88 Å². The highest BCUT2D eigenvalue weighted by Crippen LogP contribution is 2.33. The lowest BCUT2D eigenvalue weighted by atomic mass is 10.1. The smallest absolute Gasteiger partial charge is 0.346 e. The van der Waals surface area contributed by atoms with E-state index in [2.05, 4.69) is 27.0 Å². The van der Waals surface area contributed by atoms with E-state index in [1.54, 1.807) is 6.07 Å². The lowest BCUT2D eigenvalue weighted by Crippen LogP contribution is -2.31. The Hall–Kier alpha value is -2.92. The molecule has 0 spiro atoms. The number of methoxy groups -OCH3 is 1. The Morgan fingerprint density at radius 1 is 1.39 bits per heavy atom. The number of rotatable bonds is 8. The van der Waals surface area contributed by atoms with Gasteiger partial charge in [0.1, 0.15) is 23.2 Å². The third kappa shape index (κ3) is 5.53. The van der Waals surface area contributed by atoms with Gasteiger partial charge in [-0.3, -0.25) is 5.32 Å². The van der Waals surface area contributed by atoms with Crippen LogP contribution in [-0.4, -0.2) is 61.7 Å². The number of carbonyl (C=O) groups excluding carboxylic acids is 2. The van der Waals surface area contributed by atoms with Crippen LogP contribution in [0.25, 0.3) is 0 Å². The summed E-state index contributed by atoms with van der Waals surface area (Å²) < 4.78 is 34.5. The second-order valence-electron chi connectivity index (χ2n) is 8.21. The van der Waals surface area contributed by atoms with E-state index in [1.165, 1.54) is 13.2 Å². The van der Waals surface area contributed by atoms with Crippen molar-refractivity contribution in [1.29, 1.82) is 0 Å². The maximum Gasteiger partial charge on any atom is 0.346 e. The van der Waals surface area contributed by atoms with E-state index in [-0.39, 0.29) is 28.6 Å². The van der Waals surface area contributed by atoms with E-state index in [1.807, 2.05) is 0 Å². The second-order valence-corrected chi connectivity index (χ2v) is 8.98. The average Bonchev–Trinajstić information content (AvgIpc) is 3.51. The summed E-state index contributed by atoms with van der Waals surface area (Å²) in [6, 6.07) is 2.59. The molecule has 2 aromatic rings. The van der Waals surface area contributed by atoms with Crippen LogP contribution in [0.15, 0.2) is 12.1 Å². The van der Waals surface area contributed by atoms with E-state index in [9.17, 15) is 14.0 Å². The normalized spacial score (nSPS) is 17.4. The van der Waals surface area contributed by atoms with Gasteiger partial charge in [-0.15, -0.1) is 0 Å². The highest BCUT2D eigenvalue weighted by atomic mass is 32.1. The zero-order chi connectivity index (χ0) is 23.4. The van der Waals surface area contributed by atoms with E-state index in [0.717, 1.165) is 43.0 Å². The number of anilines is 1. The third-order valence-corrected chi connectivity index (χ3v) is 6.57. The number of hydrogen-bond acceptors (Lipinski definition) is 8. The maximum absolute atomic E-state index is 14.4. The fraction of sp³-hybridized carbons (Fsp3) is 0.500. The van der Waals surface area contributed by atoms with Crippen molar-refractivity contribution in [2.75, 3.05) is 45.7 Å². The first-order valence-corrected chi connectivity index (χ1v) is 11.6. The van der Waals surface area contributed by atoms with Crippen molar-refractivity contribution in [1.82, 2.24) is 14.6 Å². The van der Waals surface area contributed by atoms with Crippen LogP contribution in [0, 0.1) is 11.7 Å². The first-order valence-electron chi connectivity index (χ1n) is 10.8. The van der Waals surface area contributed by atoms with Crippen LogP contribution in [0.2, 0.25) is 0 Å². The molecule has 1 aromatic carbocycles. The van der Waals surface area contributed by atoms with Crippen LogP contribution >= 0.6 is 11.5 Å². The zero-order valence-electron chi connectivity index (χ0n) is 18.6. The van der Waals surface area contributed by atoms with Gasteiger partial charge in [0.15, 0.2) is 5.56 Å². The number of likely N-dealkylation sites (tertiary alicyclic amines) is 1. The Balaban J connectivity index is 1.38. The molecule has 11 heteroatoms. The standard InChI is InChI=1S/C22H27FN4O5S/c1-27-7-4-13(11-27)3-6-24-22(29)25-20-18(21(28)30-2)19(26-33-20)32-12-15-10-17-14(5-8-31-17)9-16(15)23/h9-10,13H,3-8,11-12H2,1-2H3,(H2,24,25,29)/t13-/m0/s1. The minimum absolute atomic E-state index is 0.00659. The lowest BCUT2D eigenvalue weighted by molar-refractivity contribution is 0.0596.